The zero-order chi connectivity index (χ0) is 14.9. The summed E-state index contributed by atoms with van der Waals surface area (Å²) >= 11 is 6.49. The fourth-order valence-corrected chi connectivity index (χ4v) is 2.91. The summed E-state index contributed by atoms with van der Waals surface area (Å²) in [5, 5.41) is 2.78. The Hall–Kier alpha value is -1.08. The van der Waals surface area contributed by atoms with Crippen LogP contribution in [-0.4, -0.2) is 45.6 Å². The maximum Gasteiger partial charge on any atom is 0.256 e. The van der Waals surface area contributed by atoms with Crippen LogP contribution in [0, 0.1) is 0 Å². The number of hydrazine groups is 1. The van der Waals surface area contributed by atoms with Crippen LogP contribution in [-0.2, 0) is 16.1 Å². The van der Waals surface area contributed by atoms with Crippen LogP contribution < -0.4 is 4.74 Å². The van der Waals surface area contributed by atoms with Crippen molar-refractivity contribution in [2.24, 2.45) is 0 Å². The van der Waals surface area contributed by atoms with Crippen LogP contribution in [0.15, 0.2) is 24.3 Å². The number of hydrogen-bond acceptors (Lipinski definition) is 3. The minimum Gasteiger partial charge on any atom is -0.497 e. The second kappa shape index (κ2) is 6.13. The Morgan fingerprint density at radius 3 is 2.20 bits per heavy atom. The average molecular weight is 406 g/mol. The molecule has 2 atom stereocenters. The summed E-state index contributed by atoms with van der Waals surface area (Å²) in [6.07, 6.45) is 0. The molecule has 0 radical (unpaired) electrons. The third kappa shape index (κ3) is 2.83. The summed E-state index contributed by atoms with van der Waals surface area (Å²) in [5.41, 5.74) is 0.923. The Labute approximate surface area is 134 Å². The van der Waals surface area contributed by atoms with Crippen molar-refractivity contribution in [3.8, 4) is 5.75 Å². The van der Waals surface area contributed by atoms with Gasteiger partial charge in [-0.05, 0) is 17.7 Å². The summed E-state index contributed by atoms with van der Waals surface area (Å²) in [5.74, 6) is 0.451. The molecule has 1 heterocycles. The average Bonchev–Trinajstić information content (AvgIpc) is 2.48. The van der Waals surface area contributed by atoms with E-state index in [1.54, 1.807) is 14.2 Å². The highest BCUT2D eigenvalue weighted by atomic mass is 79.9. The normalized spacial score (nSPS) is 23.2. The molecule has 1 saturated heterocycles. The molecule has 20 heavy (non-hydrogen) atoms. The van der Waals surface area contributed by atoms with E-state index in [2.05, 4.69) is 31.9 Å². The Morgan fingerprint density at radius 1 is 1.10 bits per heavy atom. The van der Waals surface area contributed by atoms with E-state index in [4.69, 9.17) is 4.74 Å². The van der Waals surface area contributed by atoms with Gasteiger partial charge in [-0.25, -0.2) is 5.01 Å². The molecule has 0 N–H and O–H groups in total. The lowest BCUT2D eigenvalue weighted by Crippen LogP contribution is -2.60. The van der Waals surface area contributed by atoms with E-state index in [1.807, 2.05) is 24.3 Å². The highest BCUT2D eigenvalue weighted by Crippen LogP contribution is 2.26. The van der Waals surface area contributed by atoms with Crippen molar-refractivity contribution in [3.63, 3.8) is 0 Å². The Kier molecular flexibility index (Phi) is 4.70. The van der Waals surface area contributed by atoms with Crippen LogP contribution in [0.1, 0.15) is 5.56 Å². The number of carbonyl (C=O) groups excluding carboxylic acids is 2. The smallest absolute Gasteiger partial charge is 0.256 e. The van der Waals surface area contributed by atoms with Crippen molar-refractivity contribution in [2.45, 2.75) is 16.2 Å². The highest BCUT2D eigenvalue weighted by molar-refractivity contribution is 9.12. The molecule has 1 aliphatic rings. The van der Waals surface area contributed by atoms with Gasteiger partial charge in [0, 0.05) is 7.05 Å². The van der Waals surface area contributed by atoms with Crippen molar-refractivity contribution in [3.05, 3.63) is 29.8 Å². The molecule has 0 aromatic heterocycles. The number of nitrogens with zero attached hydrogens (tertiary/aromatic N) is 2. The summed E-state index contributed by atoms with van der Waals surface area (Å²) < 4.78 is 5.09. The molecule has 1 fully saturated rings. The number of ether oxygens (including phenoxy) is 1. The highest BCUT2D eigenvalue weighted by Gasteiger charge is 2.42. The molecule has 7 heteroatoms. The van der Waals surface area contributed by atoms with Crippen LogP contribution >= 0.6 is 31.9 Å². The molecule has 2 rings (SSSR count). The predicted octanol–water partition coefficient (Wildman–Crippen LogP) is 1.94. The molecule has 5 nitrogen and oxygen atoms in total. The van der Waals surface area contributed by atoms with E-state index in [-0.39, 0.29) is 11.8 Å². The summed E-state index contributed by atoms with van der Waals surface area (Å²) in [6.45, 7) is 0.340. The third-order valence-electron chi connectivity index (χ3n) is 3.16. The summed E-state index contributed by atoms with van der Waals surface area (Å²) in [6, 6.07) is 7.39. The van der Waals surface area contributed by atoms with Crippen molar-refractivity contribution in [2.75, 3.05) is 14.2 Å². The fourth-order valence-electron chi connectivity index (χ4n) is 1.93. The van der Waals surface area contributed by atoms with Gasteiger partial charge in [0.05, 0.1) is 13.7 Å². The number of methoxy groups -OCH3 is 1. The van der Waals surface area contributed by atoms with E-state index < -0.39 is 9.65 Å². The van der Waals surface area contributed by atoms with Crippen LogP contribution in [0.2, 0.25) is 0 Å². The van der Waals surface area contributed by atoms with Crippen LogP contribution in [0.4, 0.5) is 0 Å². The number of amides is 2. The molecular formula is C13H14Br2N2O3. The number of halogens is 2. The quantitative estimate of drug-likeness (QED) is 0.722. The Morgan fingerprint density at radius 2 is 1.65 bits per heavy atom. The monoisotopic (exact) mass is 404 g/mol. The van der Waals surface area contributed by atoms with Crippen molar-refractivity contribution in [1.82, 2.24) is 10.0 Å². The van der Waals surface area contributed by atoms with E-state index in [9.17, 15) is 9.59 Å². The van der Waals surface area contributed by atoms with Crippen LogP contribution in [0.5, 0.6) is 5.75 Å². The van der Waals surface area contributed by atoms with Crippen molar-refractivity contribution >= 4 is 43.7 Å². The second-order valence-electron chi connectivity index (χ2n) is 4.41. The molecule has 108 valence electrons. The van der Waals surface area contributed by atoms with Gasteiger partial charge in [0.25, 0.3) is 11.8 Å². The topological polar surface area (TPSA) is 49.9 Å². The maximum atomic E-state index is 12.2. The zero-order valence-electron chi connectivity index (χ0n) is 11.0. The first kappa shape index (κ1) is 15.3. The first-order valence-corrected chi connectivity index (χ1v) is 7.78. The SMILES string of the molecule is COc1ccc(CN2C(=O)C(Br)C(Br)C(=O)N2C)cc1. The minimum atomic E-state index is -0.551. The molecule has 0 bridgehead atoms. The predicted molar refractivity (Wildman–Crippen MR) is 81.7 cm³/mol. The molecular weight excluding hydrogens is 392 g/mol. The van der Waals surface area contributed by atoms with E-state index in [1.165, 1.54) is 10.0 Å². The summed E-state index contributed by atoms with van der Waals surface area (Å²) in [4.78, 5) is 23.2. The van der Waals surface area contributed by atoms with Gasteiger partial charge in [-0.3, -0.25) is 14.6 Å². The third-order valence-corrected chi connectivity index (χ3v) is 5.71. The molecule has 0 aliphatic carbocycles. The number of benzene rings is 1. The fraction of sp³-hybridized carbons (Fsp3) is 0.385. The minimum absolute atomic E-state index is 0.148. The first-order chi connectivity index (χ1) is 9.45. The lowest BCUT2D eigenvalue weighted by molar-refractivity contribution is -0.167. The molecule has 1 aromatic carbocycles. The number of carbonyl (C=O) groups is 2. The van der Waals surface area contributed by atoms with E-state index in [0.29, 0.717) is 6.54 Å². The van der Waals surface area contributed by atoms with Gasteiger partial charge in [-0.2, -0.15) is 0 Å². The van der Waals surface area contributed by atoms with Gasteiger partial charge in [0.15, 0.2) is 0 Å². The van der Waals surface area contributed by atoms with Gasteiger partial charge < -0.3 is 4.74 Å². The van der Waals surface area contributed by atoms with Gasteiger partial charge in [-0.15, -0.1) is 0 Å². The standard InChI is InChI=1S/C13H14Br2N2O3/c1-16-12(18)10(14)11(15)13(19)17(16)7-8-3-5-9(20-2)6-4-8/h3-6,10-11H,7H2,1-2H3. The lowest BCUT2D eigenvalue weighted by atomic mass is 10.1. The number of rotatable bonds is 3. The Balaban J connectivity index is 2.18. The zero-order valence-corrected chi connectivity index (χ0v) is 14.2. The number of hydrogen-bond donors (Lipinski definition) is 0. The van der Waals surface area contributed by atoms with E-state index in [0.717, 1.165) is 11.3 Å². The van der Waals surface area contributed by atoms with Crippen LogP contribution in [0.3, 0.4) is 0 Å². The molecule has 2 unspecified atom stereocenters. The Bertz CT molecular complexity index is 521. The molecule has 0 spiro atoms. The van der Waals surface area contributed by atoms with Crippen molar-refractivity contribution in [1.29, 1.82) is 0 Å². The first-order valence-electron chi connectivity index (χ1n) is 5.95. The largest absolute Gasteiger partial charge is 0.497 e. The molecule has 2 amide bonds. The molecule has 1 aromatic rings. The molecule has 0 saturated carbocycles. The van der Waals surface area contributed by atoms with Gasteiger partial charge in [0.2, 0.25) is 0 Å². The van der Waals surface area contributed by atoms with E-state index >= 15 is 0 Å². The maximum absolute atomic E-state index is 12.2. The van der Waals surface area contributed by atoms with Crippen LogP contribution in [0.25, 0.3) is 0 Å². The number of alkyl halides is 2. The lowest BCUT2D eigenvalue weighted by Gasteiger charge is -2.39. The van der Waals surface area contributed by atoms with Gasteiger partial charge >= 0.3 is 0 Å². The van der Waals surface area contributed by atoms with Gasteiger partial charge in [0.1, 0.15) is 15.4 Å². The van der Waals surface area contributed by atoms with Gasteiger partial charge in [-0.1, -0.05) is 44.0 Å². The molecule has 1 aliphatic heterocycles. The summed E-state index contributed by atoms with van der Waals surface area (Å²) in [7, 11) is 3.19. The van der Waals surface area contributed by atoms with Crippen molar-refractivity contribution < 1.29 is 14.3 Å². The second-order valence-corrected chi connectivity index (χ2v) is 6.38.